The minimum atomic E-state index is -0.575. The average molecular weight is 388 g/mol. The quantitative estimate of drug-likeness (QED) is 0.790. The van der Waals surface area contributed by atoms with Crippen molar-refractivity contribution in [3.63, 3.8) is 0 Å². The van der Waals surface area contributed by atoms with Crippen LogP contribution in [0.25, 0.3) is 0 Å². The molecule has 0 radical (unpaired) electrons. The Kier molecular flexibility index (Phi) is 6.01. The number of benzene rings is 1. The zero-order valence-corrected chi connectivity index (χ0v) is 16.5. The fourth-order valence-electron chi connectivity index (χ4n) is 2.94. The van der Waals surface area contributed by atoms with Gasteiger partial charge < -0.3 is 19.7 Å². The van der Waals surface area contributed by atoms with Crippen molar-refractivity contribution in [2.45, 2.75) is 33.4 Å². The second-order valence-electron chi connectivity index (χ2n) is 6.71. The van der Waals surface area contributed by atoms with Crippen molar-refractivity contribution in [3.05, 3.63) is 46.2 Å². The molecule has 2 amide bonds. The minimum absolute atomic E-state index is 0.0211. The Morgan fingerprint density at radius 1 is 1.22 bits per heavy atom. The van der Waals surface area contributed by atoms with Crippen molar-refractivity contribution in [1.29, 1.82) is 0 Å². The summed E-state index contributed by atoms with van der Waals surface area (Å²) in [5, 5.41) is 4.74. The van der Waals surface area contributed by atoms with Gasteiger partial charge in [0, 0.05) is 13.1 Å². The first-order valence-electron chi connectivity index (χ1n) is 9.01. The molecule has 1 aromatic carbocycles. The minimum Gasteiger partial charge on any atom is -0.454 e. The summed E-state index contributed by atoms with van der Waals surface area (Å²) in [5.74, 6) is 1.09. The van der Waals surface area contributed by atoms with E-state index in [4.69, 9.17) is 9.47 Å². The van der Waals surface area contributed by atoms with Gasteiger partial charge in [0.1, 0.15) is 6.04 Å². The summed E-state index contributed by atoms with van der Waals surface area (Å²) in [4.78, 5) is 27.9. The highest BCUT2D eigenvalue weighted by molar-refractivity contribution is 7.12. The second kappa shape index (κ2) is 8.43. The van der Waals surface area contributed by atoms with Gasteiger partial charge in [-0.15, -0.1) is 11.3 Å². The SMILES string of the molecule is CCN(Cc1ccc2c(c1)OCO2)C(=O)C(NC(=O)c1cccs1)C(C)C. The highest BCUT2D eigenvalue weighted by Crippen LogP contribution is 2.32. The van der Waals surface area contributed by atoms with Crippen molar-refractivity contribution in [3.8, 4) is 11.5 Å². The largest absolute Gasteiger partial charge is 0.454 e. The number of carbonyl (C=O) groups is 2. The van der Waals surface area contributed by atoms with Gasteiger partial charge in [-0.3, -0.25) is 9.59 Å². The highest BCUT2D eigenvalue weighted by atomic mass is 32.1. The number of hydrogen-bond donors (Lipinski definition) is 1. The molecule has 0 saturated carbocycles. The van der Waals surface area contributed by atoms with Crippen molar-refractivity contribution in [2.24, 2.45) is 5.92 Å². The summed E-state index contributed by atoms with van der Waals surface area (Å²) in [6, 6.07) is 8.68. The third kappa shape index (κ3) is 4.42. The van der Waals surface area contributed by atoms with E-state index in [9.17, 15) is 9.59 Å². The van der Waals surface area contributed by atoms with Crippen LogP contribution >= 0.6 is 11.3 Å². The lowest BCUT2D eigenvalue weighted by atomic mass is 10.0. The van der Waals surface area contributed by atoms with Gasteiger partial charge in [0.15, 0.2) is 11.5 Å². The number of ether oxygens (including phenoxy) is 2. The van der Waals surface area contributed by atoms with E-state index < -0.39 is 6.04 Å². The van der Waals surface area contributed by atoms with Crippen LogP contribution in [0.1, 0.15) is 36.0 Å². The van der Waals surface area contributed by atoms with E-state index in [1.165, 1.54) is 11.3 Å². The maximum Gasteiger partial charge on any atom is 0.262 e. The fourth-order valence-corrected chi connectivity index (χ4v) is 3.56. The summed E-state index contributed by atoms with van der Waals surface area (Å²) in [7, 11) is 0. The van der Waals surface area contributed by atoms with E-state index in [0.29, 0.717) is 23.7 Å². The van der Waals surface area contributed by atoms with Crippen LogP contribution < -0.4 is 14.8 Å². The van der Waals surface area contributed by atoms with Crippen molar-refractivity contribution < 1.29 is 19.1 Å². The van der Waals surface area contributed by atoms with Crippen LogP contribution in [0.15, 0.2) is 35.7 Å². The molecule has 144 valence electrons. The summed E-state index contributed by atoms with van der Waals surface area (Å²) < 4.78 is 10.7. The van der Waals surface area contributed by atoms with Crippen LogP contribution in [0, 0.1) is 5.92 Å². The number of hydrogen-bond acceptors (Lipinski definition) is 5. The molecule has 0 fully saturated rings. The van der Waals surface area contributed by atoms with Gasteiger partial charge >= 0.3 is 0 Å². The van der Waals surface area contributed by atoms with E-state index in [0.717, 1.165) is 11.3 Å². The monoisotopic (exact) mass is 388 g/mol. The Labute approximate surface area is 163 Å². The summed E-state index contributed by atoms with van der Waals surface area (Å²) in [5.41, 5.74) is 0.960. The van der Waals surface area contributed by atoms with Gasteiger partial charge in [0.25, 0.3) is 5.91 Å². The molecule has 0 spiro atoms. The molecule has 0 aliphatic carbocycles. The van der Waals surface area contributed by atoms with E-state index in [1.54, 1.807) is 11.0 Å². The molecule has 1 aliphatic rings. The lowest BCUT2D eigenvalue weighted by molar-refractivity contribution is -0.134. The van der Waals surface area contributed by atoms with E-state index in [-0.39, 0.29) is 24.5 Å². The smallest absolute Gasteiger partial charge is 0.262 e. The van der Waals surface area contributed by atoms with Gasteiger partial charge in [-0.2, -0.15) is 0 Å². The zero-order chi connectivity index (χ0) is 19.4. The third-order valence-electron chi connectivity index (χ3n) is 4.47. The lowest BCUT2D eigenvalue weighted by Crippen LogP contribution is -2.50. The number of nitrogens with one attached hydrogen (secondary N) is 1. The Morgan fingerprint density at radius 2 is 2.00 bits per heavy atom. The molecule has 27 heavy (non-hydrogen) atoms. The fraction of sp³-hybridized carbons (Fsp3) is 0.400. The maximum atomic E-state index is 13.1. The predicted molar refractivity (Wildman–Crippen MR) is 104 cm³/mol. The number of carbonyl (C=O) groups excluding carboxylic acids is 2. The molecule has 7 heteroatoms. The molecule has 1 aliphatic heterocycles. The summed E-state index contributed by atoms with van der Waals surface area (Å²) in [6.07, 6.45) is 0. The molecular formula is C20H24N2O4S. The Morgan fingerprint density at radius 3 is 2.67 bits per heavy atom. The van der Waals surface area contributed by atoms with Gasteiger partial charge in [-0.05, 0) is 42.0 Å². The van der Waals surface area contributed by atoms with Crippen molar-refractivity contribution in [2.75, 3.05) is 13.3 Å². The van der Waals surface area contributed by atoms with Gasteiger partial charge in [0.05, 0.1) is 4.88 Å². The first-order chi connectivity index (χ1) is 13.0. The first-order valence-corrected chi connectivity index (χ1v) is 9.89. The average Bonchev–Trinajstić information content (AvgIpc) is 3.34. The Bertz CT molecular complexity index is 804. The number of fused-ring (bicyclic) bond motifs is 1. The molecule has 2 aromatic rings. The lowest BCUT2D eigenvalue weighted by Gasteiger charge is -2.29. The standard InChI is InChI=1S/C20H24N2O4S/c1-4-22(11-14-7-8-15-16(10-14)26-12-25-15)20(24)18(13(2)3)21-19(23)17-6-5-9-27-17/h5-10,13,18H,4,11-12H2,1-3H3,(H,21,23). The highest BCUT2D eigenvalue weighted by Gasteiger charge is 2.29. The molecule has 3 rings (SSSR count). The number of likely N-dealkylation sites (N-methyl/N-ethyl adjacent to an activating group) is 1. The van der Waals surface area contributed by atoms with Crippen LogP contribution in [0.2, 0.25) is 0 Å². The summed E-state index contributed by atoms with van der Waals surface area (Å²) in [6.45, 7) is 7.02. The Balaban J connectivity index is 1.71. The number of thiophene rings is 1. The topological polar surface area (TPSA) is 67.9 Å². The van der Waals surface area contributed by atoms with Gasteiger partial charge in [-0.25, -0.2) is 0 Å². The van der Waals surface area contributed by atoms with Crippen LogP contribution in [0.3, 0.4) is 0 Å². The van der Waals surface area contributed by atoms with Crippen LogP contribution in [0.5, 0.6) is 11.5 Å². The van der Waals surface area contributed by atoms with Crippen molar-refractivity contribution in [1.82, 2.24) is 10.2 Å². The number of nitrogens with zero attached hydrogens (tertiary/aromatic N) is 1. The number of rotatable bonds is 7. The summed E-state index contributed by atoms with van der Waals surface area (Å²) >= 11 is 1.36. The molecule has 0 saturated heterocycles. The molecule has 1 aromatic heterocycles. The third-order valence-corrected chi connectivity index (χ3v) is 5.34. The van der Waals surface area contributed by atoms with E-state index >= 15 is 0 Å². The maximum absolute atomic E-state index is 13.1. The van der Waals surface area contributed by atoms with E-state index in [2.05, 4.69) is 5.32 Å². The van der Waals surface area contributed by atoms with Gasteiger partial charge in [-0.1, -0.05) is 26.0 Å². The molecule has 1 atom stereocenters. The zero-order valence-electron chi connectivity index (χ0n) is 15.7. The van der Waals surface area contributed by atoms with Gasteiger partial charge in [0.2, 0.25) is 12.7 Å². The Hall–Kier alpha value is -2.54. The molecule has 2 heterocycles. The van der Waals surface area contributed by atoms with Crippen LogP contribution in [0.4, 0.5) is 0 Å². The molecular weight excluding hydrogens is 364 g/mol. The number of amides is 2. The predicted octanol–water partition coefficient (Wildman–Crippen LogP) is 3.28. The van der Waals surface area contributed by atoms with Crippen LogP contribution in [-0.4, -0.2) is 36.1 Å². The first kappa shape index (κ1) is 19.2. The molecule has 1 N–H and O–H groups in total. The normalized spacial score (nSPS) is 13.5. The molecule has 1 unspecified atom stereocenters. The second-order valence-corrected chi connectivity index (χ2v) is 7.66. The van der Waals surface area contributed by atoms with Crippen molar-refractivity contribution >= 4 is 23.2 Å². The van der Waals surface area contributed by atoms with E-state index in [1.807, 2.05) is 50.4 Å². The molecule has 0 bridgehead atoms. The molecule has 6 nitrogen and oxygen atoms in total. The van der Waals surface area contributed by atoms with Crippen LogP contribution in [-0.2, 0) is 11.3 Å².